The zero-order chi connectivity index (χ0) is 16.6. The number of hydrogen-bond acceptors (Lipinski definition) is 2. The number of aryl methyl sites for hydroxylation is 1. The van der Waals surface area contributed by atoms with E-state index in [9.17, 15) is 4.79 Å². The van der Waals surface area contributed by atoms with E-state index in [4.69, 9.17) is 27.9 Å². The van der Waals surface area contributed by atoms with Crippen molar-refractivity contribution in [1.29, 1.82) is 0 Å². The van der Waals surface area contributed by atoms with Crippen LogP contribution in [0.5, 0.6) is 5.75 Å². The maximum atomic E-state index is 12.5. The molecule has 0 fully saturated rings. The Morgan fingerprint density at radius 2 is 2.00 bits per heavy atom. The Hall–Kier alpha value is -2.17. The zero-order valence-electron chi connectivity index (χ0n) is 12.5. The van der Waals surface area contributed by atoms with Crippen molar-refractivity contribution in [2.45, 2.75) is 6.92 Å². The van der Waals surface area contributed by atoms with Gasteiger partial charge in [-0.15, -0.1) is 0 Å². The summed E-state index contributed by atoms with van der Waals surface area (Å²) >= 11 is 12.1. The molecule has 2 N–H and O–H groups in total. The van der Waals surface area contributed by atoms with Gasteiger partial charge in [-0.25, -0.2) is 0 Å². The third kappa shape index (κ3) is 2.87. The Morgan fingerprint density at radius 3 is 2.74 bits per heavy atom. The predicted octanol–water partition coefficient (Wildman–Crippen LogP) is 5.04. The Bertz CT molecular complexity index is 903. The third-order valence-corrected chi connectivity index (χ3v) is 4.51. The smallest absolute Gasteiger partial charge is 0.272 e. The van der Waals surface area contributed by atoms with Crippen LogP contribution in [0.3, 0.4) is 0 Å². The number of fused-ring (bicyclic) bond motifs is 1. The zero-order valence-corrected chi connectivity index (χ0v) is 14.0. The summed E-state index contributed by atoms with van der Waals surface area (Å²) in [4.78, 5) is 15.7. The van der Waals surface area contributed by atoms with E-state index in [0.29, 0.717) is 21.4 Å². The Labute approximate surface area is 143 Å². The number of anilines is 1. The molecule has 1 aromatic heterocycles. The van der Waals surface area contributed by atoms with Crippen LogP contribution >= 0.6 is 23.2 Å². The van der Waals surface area contributed by atoms with Crippen LogP contribution in [0.1, 0.15) is 16.1 Å². The molecule has 6 heteroatoms. The summed E-state index contributed by atoms with van der Waals surface area (Å²) < 4.78 is 5.20. The summed E-state index contributed by atoms with van der Waals surface area (Å²) in [7, 11) is 1.60. The maximum absolute atomic E-state index is 12.5. The lowest BCUT2D eigenvalue weighted by Gasteiger charge is -2.07. The van der Waals surface area contributed by atoms with Crippen molar-refractivity contribution in [2.24, 2.45) is 0 Å². The van der Waals surface area contributed by atoms with Gasteiger partial charge >= 0.3 is 0 Å². The highest BCUT2D eigenvalue weighted by atomic mass is 35.5. The number of carbonyl (C=O) groups excluding carboxylic acids is 1. The van der Waals surface area contributed by atoms with Crippen LogP contribution in [0, 0.1) is 6.92 Å². The highest BCUT2D eigenvalue weighted by molar-refractivity contribution is 6.44. The van der Waals surface area contributed by atoms with Gasteiger partial charge in [0, 0.05) is 17.0 Å². The quantitative estimate of drug-likeness (QED) is 0.696. The molecule has 0 atom stereocenters. The van der Waals surface area contributed by atoms with Crippen molar-refractivity contribution in [3.63, 3.8) is 0 Å². The average molecular weight is 349 g/mol. The number of H-pyrrole nitrogens is 1. The first-order valence-electron chi connectivity index (χ1n) is 6.93. The van der Waals surface area contributed by atoms with E-state index in [1.807, 2.05) is 25.1 Å². The van der Waals surface area contributed by atoms with Crippen LogP contribution in [-0.4, -0.2) is 18.0 Å². The second kappa shape index (κ2) is 6.14. The van der Waals surface area contributed by atoms with Gasteiger partial charge in [-0.2, -0.15) is 0 Å². The number of aromatic nitrogens is 1. The van der Waals surface area contributed by atoms with E-state index in [-0.39, 0.29) is 5.91 Å². The minimum absolute atomic E-state index is 0.276. The molecule has 0 aliphatic rings. The second-order valence-electron chi connectivity index (χ2n) is 5.09. The topological polar surface area (TPSA) is 54.1 Å². The van der Waals surface area contributed by atoms with Gasteiger partial charge in [-0.05, 0) is 36.8 Å². The predicted molar refractivity (Wildman–Crippen MR) is 94.0 cm³/mol. The van der Waals surface area contributed by atoms with Gasteiger partial charge in [-0.1, -0.05) is 29.3 Å². The minimum Gasteiger partial charge on any atom is -0.497 e. The molecule has 118 valence electrons. The fraction of sp³-hybridized carbons (Fsp3) is 0.118. The van der Waals surface area contributed by atoms with E-state index in [2.05, 4.69) is 10.3 Å². The molecule has 2 aromatic carbocycles. The molecule has 0 aliphatic heterocycles. The fourth-order valence-electron chi connectivity index (χ4n) is 2.46. The second-order valence-corrected chi connectivity index (χ2v) is 5.88. The molecule has 1 amide bonds. The van der Waals surface area contributed by atoms with Gasteiger partial charge in [0.05, 0.1) is 22.8 Å². The molecular weight excluding hydrogens is 335 g/mol. The molecule has 4 nitrogen and oxygen atoms in total. The summed E-state index contributed by atoms with van der Waals surface area (Å²) in [6, 6.07) is 10.7. The van der Waals surface area contributed by atoms with Gasteiger partial charge in [0.15, 0.2) is 0 Å². The van der Waals surface area contributed by atoms with Crippen molar-refractivity contribution in [2.75, 3.05) is 12.4 Å². The lowest BCUT2D eigenvalue weighted by Crippen LogP contribution is -2.13. The van der Waals surface area contributed by atoms with Crippen LogP contribution in [0.2, 0.25) is 10.0 Å². The monoisotopic (exact) mass is 348 g/mol. The Kier molecular flexibility index (Phi) is 4.20. The SMILES string of the molecule is COc1ccc2c(C)c(C(=O)Nc3cccc(Cl)c3Cl)[nH]c2c1. The van der Waals surface area contributed by atoms with Gasteiger partial charge in [-0.3, -0.25) is 4.79 Å². The average Bonchev–Trinajstić information content (AvgIpc) is 2.88. The highest BCUT2D eigenvalue weighted by Gasteiger charge is 2.16. The molecule has 0 bridgehead atoms. The van der Waals surface area contributed by atoms with Crippen LogP contribution in [0.25, 0.3) is 10.9 Å². The maximum Gasteiger partial charge on any atom is 0.272 e. The summed E-state index contributed by atoms with van der Waals surface area (Å²) in [5, 5.41) is 4.45. The first-order chi connectivity index (χ1) is 11.0. The van der Waals surface area contributed by atoms with Crippen molar-refractivity contribution in [3.05, 3.63) is 57.7 Å². The molecule has 0 unspecified atom stereocenters. The van der Waals surface area contributed by atoms with E-state index in [1.54, 1.807) is 25.3 Å². The first-order valence-corrected chi connectivity index (χ1v) is 7.68. The lowest BCUT2D eigenvalue weighted by molar-refractivity contribution is 0.102. The van der Waals surface area contributed by atoms with Crippen LogP contribution in [-0.2, 0) is 0 Å². The van der Waals surface area contributed by atoms with E-state index < -0.39 is 0 Å². The number of nitrogens with one attached hydrogen (secondary N) is 2. The molecule has 3 aromatic rings. The number of halogens is 2. The Balaban J connectivity index is 1.97. The van der Waals surface area contributed by atoms with Crippen molar-refractivity contribution in [3.8, 4) is 5.75 Å². The van der Waals surface area contributed by atoms with Gasteiger partial charge in [0.2, 0.25) is 0 Å². The van der Waals surface area contributed by atoms with Crippen LogP contribution in [0.15, 0.2) is 36.4 Å². The normalized spacial score (nSPS) is 10.8. The summed E-state index contributed by atoms with van der Waals surface area (Å²) in [5.41, 5.74) is 2.64. The molecular formula is C17H14Cl2N2O2. The van der Waals surface area contributed by atoms with Gasteiger partial charge < -0.3 is 15.0 Å². The highest BCUT2D eigenvalue weighted by Crippen LogP contribution is 2.31. The van der Waals surface area contributed by atoms with Crippen LogP contribution in [0.4, 0.5) is 5.69 Å². The number of carbonyl (C=O) groups is 1. The summed E-state index contributed by atoms with van der Waals surface area (Å²) in [5.74, 6) is 0.449. The number of aromatic amines is 1. The van der Waals surface area contributed by atoms with Crippen molar-refractivity contribution >= 4 is 45.7 Å². The number of amides is 1. The minimum atomic E-state index is -0.276. The molecule has 3 rings (SSSR count). The van der Waals surface area contributed by atoms with Crippen molar-refractivity contribution in [1.82, 2.24) is 4.98 Å². The number of ether oxygens (including phenoxy) is 1. The van der Waals surface area contributed by atoms with E-state index >= 15 is 0 Å². The molecule has 0 saturated carbocycles. The molecule has 0 radical (unpaired) electrons. The van der Waals surface area contributed by atoms with Gasteiger partial charge in [0.1, 0.15) is 11.4 Å². The number of benzene rings is 2. The van der Waals surface area contributed by atoms with Crippen LogP contribution < -0.4 is 10.1 Å². The van der Waals surface area contributed by atoms with Gasteiger partial charge in [0.25, 0.3) is 5.91 Å². The first kappa shape index (κ1) is 15.7. The summed E-state index contributed by atoms with van der Waals surface area (Å²) in [6.45, 7) is 1.89. The van der Waals surface area contributed by atoms with E-state index in [1.165, 1.54) is 0 Å². The number of rotatable bonds is 3. The van der Waals surface area contributed by atoms with E-state index in [0.717, 1.165) is 22.2 Å². The number of methoxy groups -OCH3 is 1. The molecule has 23 heavy (non-hydrogen) atoms. The fourth-order valence-corrected chi connectivity index (χ4v) is 2.80. The van der Waals surface area contributed by atoms with Crippen molar-refractivity contribution < 1.29 is 9.53 Å². The molecule has 0 spiro atoms. The summed E-state index contributed by atoms with van der Waals surface area (Å²) in [6.07, 6.45) is 0. The largest absolute Gasteiger partial charge is 0.497 e. The standard InChI is InChI=1S/C17H14Cl2N2O2/c1-9-11-7-6-10(23-2)8-14(11)20-16(9)17(22)21-13-5-3-4-12(18)15(13)19/h3-8,20H,1-2H3,(H,21,22). The molecule has 0 aliphatic carbocycles. The lowest BCUT2D eigenvalue weighted by atomic mass is 10.1. The third-order valence-electron chi connectivity index (χ3n) is 3.69. The number of hydrogen-bond donors (Lipinski definition) is 2. The Morgan fingerprint density at radius 1 is 1.22 bits per heavy atom. The molecule has 1 heterocycles. The molecule has 0 saturated heterocycles.